The molecule has 0 spiro atoms. The van der Waals surface area contributed by atoms with Gasteiger partial charge in [0.25, 0.3) is 0 Å². The van der Waals surface area contributed by atoms with Gasteiger partial charge in [0, 0.05) is 69.1 Å². The summed E-state index contributed by atoms with van der Waals surface area (Å²) in [6.45, 7) is 11.7. The summed E-state index contributed by atoms with van der Waals surface area (Å²) in [6.07, 6.45) is 2.90. The van der Waals surface area contributed by atoms with Gasteiger partial charge in [0.15, 0.2) is 5.82 Å². The minimum atomic E-state index is -0.907. The molecule has 2 aliphatic carbocycles. The molecule has 5 rings (SSSR count). The van der Waals surface area contributed by atoms with Crippen molar-refractivity contribution in [1.29, 1.82) is 0 Å². The first-order valence-electron chi connectivity index (χ1n) is 13.6. The highest BCUT2D eigenvalue weighted by Crippen LogP contribution is 2.44. The minimum Gasteiger partial charge on any atom is -0.343 e. The summed E-state index contributed by atoms with van der Waals surface area (Å²) in [7, 11) is 0. The SMILES string of the molecule is CC(C)N1CCN([C@H]2CCC[C@H](F)[C@@H]2CC(=O)N2CCC(C)(c3noc(C4C[C@@H]4F)n3)CC2)CC1. The first kappa shape index (κ1) is 25.1. The van der Waals surface area contributed by atoms with Gasteiger partial charge in [-0.3, -0.25) is 14.6 Å². The lowest BCUT2D eigenvalue weighted by molar-refractivity contribution is -0.136. The molecule has 3 heterocycles. The maximum absolute atomic E-state index is 15.2. The second-order valence-corrected chi connectivity index (χ2v) is 11.8. The van der Waals surface area contributed by atoms with Gasteiger partial charge in [-0.05, 0) is 52.4 Å². The van der Waals surface area contributed by atoms with E-state index in [0.717, 1.165) is 51.9 Å². The Bertz CT molecular complexity index is 879. The monoisotopic (exact) mass is 493 g/mol. The smallest absolute Gasteiger partial charge is 0.232 e. The summed E-state index contributed by atoms with van der Waals surface area (Å²) in [5, 5.41) is 4.14. The van der Waals surface area contributed by atoms with Gasteiger partial charge in [-0.2, -0.15) is 4.98 Å². The lowest BCUT2D eigenvalue weighted by atomic mass is 9.78. The van der Waals surface area contributed by atoms with Gasteiger partial charge in [-0.15, -0.1) is 0 Å². The number of hydrogen-bond acceptors (Lipinski definition) is 6. The third-order valence-corrected chi connectivity index (χ3v) is 9.13. The Balaban J connectivity index is 1.17. The first-order chi connectivity index (χ1) is 16.7. The van der Waals surface area contributed by atoms with Crippen LogP contribution in [0.2, 0.25) is 0 Å². The molecule has 1 aromatic heterocycles. The van der Waals surface area contributed by atoms with Crippen molar-refractivity contribution in [3.05, 3.63) is 11.7 Å². The van der Waals surface area contributed by atoms with Crippen molar-refractivity contribution in [2.45, 2.75) is 101 Å². The Kier molecular flexibility index (Phi) is 7.19. The Morgan fingerprint density at radius 2 is 1.77 bits per heavy atom. The van der Waals surface area contributed by atoms with E-state index in [1.807, 2.05) is 4.90 Å². The molecule has 0 bridgehead atoms. The molecule has 4 aliphatic rings. The topological polar surface area (TPSA) is 65.7 Å². The Morgan fingerprint density at radius 3 is 2.40 bits per heavy atom. The number of nitrogens with zero attached hydrogens (tertiary/aromatic N) is 5. The molecule has 1 aromatic rings. The maximum atomic E-state index is 15.2. The number of carbonyl (C=O) groups is 1. The van der Waals surface area contributed by atoms with Gasteiger partial charge in [0.05, 0.1) is 5.92 Å². The summed E-state index contributed by atoms with van der Waals surface area (Å²) in [4.78, 5) is 24.6. The molecule has 9 heteroatoms. The van der Waals surface area contributed by atoms with E-state index in [0.29, 0.717) is 50.1 Å². The van der Waals surface area contributed by atoms with E-state index in [2.05, 4.69) is 40.7 Å². The van der Waals surface area contributed by atoms with E-state index in [1.54, 1.807) is 0 Å². The second kappa shape index (κ2) is 10.0. The highest BCUT2D eigenvalue weighted by Gasteiger charge is 2.46. The second-order valence-electron chi connectivity index (χ2n) is 11.8. The zero-order valence-electron chi connectivity index (χ0n) is 21.5. The van der Waals surface area contributed by atoms with E-state index in [9.17, 15) is 9.18 Å². The van der Waals surface area contributed by atoms with Crippen LogP contribution in [-0.4, -0.2) is 94.4 Å². The molecular weight excluding hydrogens is 452 g/mol. The Hall–Kier alpha value is -1.61. The van der Waals surface area contributed by atoms with Crippen molar-refractivity contribution in [3.8, 4) is 0 Å². The third kappa shape index (κ3) is 5.26. The average molecular weight is 494 g/mol. The van der Waals surface area contributed by atoms with Crippen molar-refractivity contribution in [1.82, 2.24) is 24.8 Å². The molecular formula is C26H41F2N5O2. The first-order valence-corrected chi connectivity index (χ1v) is 13.6. The third-order valence-electron chi connectivity index (χ3n) is 9.13. The van der Waals surface area contributed by atoms with Crippen LogP contribution in [0, 0.1) is 5.92 Å². The number of aromatic nitrogens is 2. The van der Waals surface area contributed by atoms with Crippen molar-refractivity contribution < 1.29 is 18.1 Å². The van der Waals surface area contributed by atoms with Gasteiger partial charge in [-0.25, -0.2) is 8.78 Å². The van der Waals surface area contributed by atoms with Crippen molar-refractivity contribution in [2.24, 2.45) is 5.92 Å². The van der Waals surface area contributed by atoms with Crippen LogP contribution in [0.1, 0.15) is 83.3 Å². The summed E-state index contributed by atoms with van der Waals surface area (Å²) in [6, 6.07) is 0.694. The molecule has 2 saturated heterocycles. The molecule has 0 radical (unpaired) electrons. The van der Waals surface area contributed by atoms with E-state index in [-0.39, 0.29) is 29.2 Å². The van der Waals surface area contributed by atoms with Crippen molar-refractivity contribution >= 4 is 5.91 Å². The number of piperazine rings is 1. The normalized spacial score (nSPS) is 34.3. The number of alkyl halides is 2. The Morgan fingerprint density at radius 1 is 1.09 bits per heavy atom. The average Bonchev–Trinajstić information content (AvgIpc) is 3.36. The fraction of sp³-hybridized carbons (Fsp3) is 0.885. The van der Waals surface area contributed by atoms with Gasteiger partial charge in [0.1, 0.15) is 12.3 Å². The molecule has 1 unspecified atom stereocenters. The van der Waals surface area contributed by atoms with Crippen LogP contribution in [0.3, 0.4) is 0 Å². The molecule has 0 N–H and O–H groups in total. The summed E-state index contributed by atoms with van der Waals surface area (Å²) in [5.74, 6) is 0.628. The van der Waals surface area contributed by atoms with Crippen LogP contribution in [0.15, 0.2) is 4.52 Å². The standard InChI is InChI=1S/C26H41F2N5O2/c1-17(2)31-11-13-32(14-12-31)22-6-4-5-20(27)18(22)16-23(34)33-9-7-26(3,8-10-33)25-29-24(35-30-25)19-15-21(19)28/h17-22H,4-16H2,1-3H3/t18-,19?,20-,21-,22-/m0/s1. The molecule has 4 fully saturated rings. The molecule has 7 nitrogen and oxygen atoms in total. The predicted octanol–water partition coefficient (Wildman–Crippen LogP) is 3.70. The summed E-state index contributed by atoms with van der Waals surface area (Å²) < 4.78 is 33.9. The van der Waals surface area contributed by atoms with E-state index in [1.165, 1.54) is 0 Å². The van der Waals surface area contributed by atoms with Gasteiger partial charge < -0.3 is 9.42 Å². The molecule has 1 amide bonds. The number of amides is 1. The molecule has 2 saturated carbocycles. The minimum absolute atomic E-state index is 0.0690. The number of rotatable bonds is 6. The van der Waals surface area contributed by atoms with Gasteiger partial charge in [-0.1, -0.05) is 12.1 Å². The maximum Gasteiger partial charge on any atom is 0.232 e. The molecule has 35 heavy (non-hydrogen) atoms. The highest BCUT2D eigenvalue weighted by molar-refractivity contribution is 5.76. The fourth-order valence-corrected chi connectivity index (χ4v) is 6.35. The lowest BCUT2D eigenvalue weighted by Crippen LogP contribution is -2.56. The van der Waals surface area contributed by atoms with Gasteiger partial charge in [0.2, 0.25) is 11.8 Å². The number of halogens is 2. The highest BCUT2D eigenvalue weighted by atomic mass is 19.1. The van der Waals surface area contributed by atoms with Crippen LogP contribution in [-0.2, 0) is 10.2 Å². The summed E-state index contributed by atoms with van der Waals surface area (Å²) in [5.41, 5.74) is -0.286. The predicted molar refractivity (Wildman–Crippen MR) is 129 cm³/mol. The van der Waals surface area contributed by atoms with E-state index in [4.69, 9.17) is 4.52 Å². The van der Waals surface area contributed by atoms with Gasteiger partial charge >= 0.3 is 0 Å². The van der Waals surface area contributed by atoms with Crippen LogP contribution in [0.4, 0.5) is 8.78 Å². The van der Waals surface area contributed by atoms with Crippen LogP contribution in [0.25, 0.3) is 0 Å². The number of piperidine rings is 1. The zero-order valence-corrected chi connectivity index (χ0v) is 21.5. The quantitative estimate of drug-likeness (QED) is 0.602. The number of carbonyl (C=O) groups excluding carboxylic acids is 1. The zero-order chi connectivity index (χ0) is 24.7. The Labute approximate surface area is 207 Å². The largest absolute Gasteiger partial charge is 0.343 e. The molecule has 0 aromatic carbocycles. The lowest BCUT2D eigenvalue weighted by Gasteiger charge is -2.46. The van der Waals surface area contributed by atoms with Crippen molar-refractivity contribution in [3.63, 3.8) is 0 Å². The molecule has 196 valence electrons. The molecule has 5 atom stereocenters. The number of hydrogen-bond donors (Lipinski definition) is 0. The molecule has 2 aliphatic heterocycles. The number of likely N-dealkylation sites (tertiary alicyclic amines) is 1. The summed E-state index contributed by atoms with van der Waals surface area (Å²) >= 11 is 0. The van der Waals surface area contributed by atoms with Crippen LogP contribution in [0.5, 0.6) is 0 Å². The van der Waals surface area contributed by atoms with Crippen molar-refractivity contribution in [2.75, 3.05) is 39.3 Å². The van der Waals surface area contributed by atoms with Crippen LogP contribution < -0.4 is 0 Å². The van der Waals surface area contributed by atoms with Crippen LogP contribution >= 0.6 is 0 Å². The van der Waals surface area contributed by atoms with E-state index < -0.39 is 12.3 Å². The fourth-order valence-electron chi connectivity index (χ4n) is 6.35. The van der Waals surface area contributed by atoms with E-state index >= 15 is 4.39 Å².